The van der Waals surface area contributed by atoms with Gasteiger partial charge in [-0.05, 0) is 44.9 Å². The maximum atomic E-state index is 6.38. The molecular weight excluding hydrogens is 272 g/mol. The fourth-order valence-electron chi connectivity index (χ4n) is 3.83. The first-order valence-corrected chi connectivity index (χ1v) is 7.85. The Morgan fingerprint density at radius 2 is 2.00 bits per heavy atom. The fourth-order valence-corrected chi connectivity index (χ4v) is 4.06. The second-order valence-corrected chi connectivity index (χ2v) is 6.34. The number of methoxy groups -OCH3 is 1. The summed E-state index contributed by atoms with van der Waals surface area (Å²) in [5.74, 6) is 0.910. The maximum absolute atomic E-state index is 6.38. The van der Waals surface area contributed by atoms with Crippen molar-refractivity contribution in [1.82, 2.24) is 10.2 Å². The largest absolute Gasteiger partial charge is 0.496 e. The highest BCUT2D eigenvalue weighted by molar-refractivity contribution is 6.31. The second kappa shape index (κ2) is 5.92. The van der Waals surface area contributed by atoms with Gasteiger partial charge < -0.3 is 10.1 Å². The summed E-state index contributed by atoms with van der Waals surface area (Å²) >= 11 is 6.38. The maximum Gasteiger partial charge on any atom is 0.124 e. The fraction of sp³-hybridized carbons (Fsp3) is 0.625. The molecule has 0 spiro atoms. The van der Waals surface area contributed by atoms with Crippen molar-refractivity contribution >= 4 is 11.6 Å². The van der Waals surface area contributed by atoms with Crippen LogP contribution in [0, 0.1) is 0 Å². The number of benzene rings is 1. The molecule has 1 aromatic rings. The molecular formula is C16H23ClN2O. The van der Waals surface area contributed by atoms with Gasteiger partial charge in [-0.3, -0.25) is 4.90 Å². The van der Waals surface area contributed by atoms with E-state index in [0.29, 0.717) is 18.1 Å². The Bertz CT molecular complexity index is 466. The number of fused-ring (bicyclic) bond motifs is 2. The van der Waals surface area contributed by atoms with E-state index in [1.54, 1.807) is 7.11 Å². The van der Waals surface area contributed by atoms with E-state index in [1.165, 1.54) is 25.7 Å². The lowest BCUT2D eigenvalue weighted by atomic mass is 9.96. The molecule has 1 aromatic carbocycles. The van der Waals surface area contributed by atoms with Gasteiger partial charge in [0, 0.05) is 35.3 Å². The van der Waals surface area contributed by atoms with E-state index >= 15 is 0 Å². The van der Waals surface area contributed by atoms with Gasteiger partial charge >= 0.3 is 0 Å². The van der Waals surface area contributed by atoms with E-state index in [-0.39, 0.29) is 0 Å². The molecule has 4 heteroatoms. The Balaban J connectivity index is 1.79. The van der Waals surface area contributed by atoms with Gasteiger partial charge in [-0.15, -0.1) is 0 Å². The number of hydrogen-bond acceptors (Lipinski definition) is 3. The third-order valence-corrected chi connectivity index (χ3v) is 5.28. The van der Waals surface area contributed by atoms with Crippen LogP contribution in [0.2, 0.25) is 5.02 Å². The lowest BCUT2D eigenvalue weighted by Crippen LogP contribution is -2.47. The number of piperidine rings is 1. The number of nitrogens with one attached hydrogen (secondary N) is 1. The number of ether oxygens (including phenoxy) is 1. The Morgan fingerprint density at radius 1 is 1.30 bits per heavy atom. The molecule has 0 radical (unpaired) electrons. The molecule has 3 nitrogen and oxygen atoms in total. The first-order chi connectivity index (χ1) is 9.72. The molecule has 20 heavy (non-hydrogen) atoms. The molecule has 0 aromatic heterocycles. The van der Waals surface area contributed by atoms with E-state index in [2.05, 4.69) is 17.3 Å². The van der Waals surface area contributed by atoms with Crippen molar-refractivity contribution in [2.24, 2.45) is 0 Å². The smallest absolute Gasteiger partial charge is 0.124 e. The zero-order valence-electron chi connectivity index (χ0n) is 12.2. The average molecular weight is 295 g/mol. The molecule has 0 aliphatic carbocycles. The molecule has 3 rings (SSSR count). The van der Waals surface area contributed by atoms with Gasteiger partial charge in [0.2, 0.25) is 0 Å². The molecule has 2 unspecified atom stereocenters. The lowest BCUT2D eigenvalue weighted by Gasteiger charge is -2.39. The molecule has 0 saturated carbocycles. The molecule has 2 aliphatic heterocycles. The molecule has 1 N–H and O–H groups in total. The quantitative estimate of drug-likeness (QED) is 0.924. The first kappa shape index (κ1) is 14.2. The molecule has 110 valence electrons. The van der Waals surface area contributed by atoms with Crippen LogP contribution in [0.15, 0.2) is 18.2 Å². The Labute approximate surface area is 126 Å². The normalized spacial score (nSPS) is 29.6. The number of rotatable bonds is 4. The van der Waals surface area contributed by atoms with Crippen molar-refractivity contribution in [1.29, 1.82) is 0 Å². The standard InChI is InChI=1S/C16H23ClN2O/c1-18-11-8-12-6-7-13(9-11)19(12)10-14-15(17)4-3-5-16(14)20-2/h3-5,11-13,18H,6-10H2,1-2H3. The lowest BCUT2D eigenvalue weighted by molar-refractivity contribution is 0.110. The third-order valence-electron chi connectivity index (χ3n) is 4.93. The number of halogens is 1. The van der Waals surface area contributed by atoms with E-state index in [4.69, 9.17) is 16.3 Å². The first-order valence-electron chi connectivity index (χ1n) is 7.47. The van der Waals surface area contributed by atoms with Gasteiger partial charge in [-0.25, -0.2) is 0 Å². The second-order valence-electron chi connectivity index (χ2n) is 5.93. The van der Waals surface area contributed by atoms with Crippen LogP contribution < -0.4 is 10.1 Å². The van der Waals surface area contributed by atoms with Crippen LogP contribution in [0.1, 0.15) is 31.2 Å². The van der Waals surface area contributed by atoms with Crippen molar-refractivity contribution in [3.8, 4) is 5.75 Å². The van der Waals surface area contributed by atoms with Crippen LogP contribution in [0.25, 0.3) is 0 Å². The summed E-state index contributed by atoms with van der Waals surface area (Å²) in [7, 11) is 3.80. The zero-order valence-corrected chi connectivity index (χ0v) is 13.0. The van der Waals surface area contributed by atoms with Crippen LogP contribution in [0.4, 0.5) is 0 Å². The zero-order chi connectivity index (χ0) is 14.1. The van der Waals surface area contributed by atoms with Crippen LogP contribution in [0.3, 0.4) is 0 Å². The molecule has 2 atom stereocenters. The van der Waals surface area contributed by atoms with Crippen molar-refractivity contribution < 1.29 is 4.74 Å². The summed E-state index contributed by atoms with van der Waals surface area (Å²) in [6, 6.07) is 7.97. The van der Waals surface area contributed by atoms with Gasteiger partial charge in [0.1, 0.15) is 5.75 Å². The number of nitrogens with zero attached hydrogens (tertiary/aromatic N) is 1. The van der Waals surface area contributed by atoms with E-state index in [0.717, 1.165) is 22.9 Å². The van der Waals surface area contributed by atoms with E-state index in [9.17, 15) is 0 Å². The summed E-state index contributed by atoms with van der Waals surface area (Å²) in [6.45, 7) is 0.911. The average Bonchev–Trinajstić information content (AvgIpc) is 2.71. The molecule has 2 heterocycles. The molecule has 2 bridgehead atoms. The van der Waals surface area contributed by atoms with Crippen molar-refractivity contribution in [2.75, 3.05) is 14.2 Å². The highest BCUT2D eigenvalue weighted by Gasteiger charge is 2.40. The summed E-state index contributed by atoms with van der Waals surface area (Å²) in [4.78, 5) is 2.64. The van der Waals surface area contributed by atoms with Crippen LogP contribution in [-0.2, 0) is 6.54 Å². The SMILES string of the molecule is CNC1CC2CCC(C1)N2Cc1c(Cl)cccc1OC. The number of hydrogen-bond donors (Lipinski definition) is 1. The summed E-state index contributed by atoms with van der Waals surface area (Å²) in [5.41, 5.74) is 1.14. The molecule has 0 amide bonds. The van der Waals surface area contributed by atoms with Crippen molar-refractivity contribution in [3.05, 3.63) is 28.8 Å². The van der Waals surface area contributed by atoms with E-state index < -0.39 is 0 Å². The highest BCUT2D eigenvalue weighted by atomic mass is 35.5. The highest BCUT2D eigenvalue weighted by Crippen LogP contribution is 2.39. The van der Waals surface area contributed by atoms with Crippen LogP contribution >= 0.6 is 11.6 Å². The minimum atomic E-state index is 0.678. The minimum Gasteiger partial charge on any atom is -0.496 e. The Hall–Kier alpha value is -0.770. The van der Waals surface area contributed by atoms with Crippen LogP contribution in [-0.4, -0.2) is 37.2 Å². The molecule has 2 aliphatic rings. The minimum absolute atomic E-state index is 0.678. The van der Waals surface area contributed by atoms with Gasteiger partial charge in [-0.2, -0.15) is 0 Å². The third kappa shape index (κ3) is 2.54. The van der Waals surface area contributed by atoms with Gasteiger partial charge in [0.15, 0.2) is 0 Å². The predicted octanol–water partition coefficient (Wildman–Crippen LogP) is 3.06. The Kier molecular flexibility index (Phi) is 4.20. The monoisotopic (exact) mass is 294 g/mol. The van der Waals surface area contributed by atoms with Gasteiger partial charge in [-0.1, -0.05) is 17.7 Å². The predicted molar refractivity (Wildman–Crippen MR) is 82.4 cm³/mol. The topological polar surface area (TPSA) is 24.5 Å². The summed E-state index contributed by atoms with van der Waals surface area (Å²) in [6.07, 6.45) is 5.13. The summed E-state index contributed by atoms with van der Waals surface area (Å²) in [5, 5.41) is 4.26. The van der Waals surface area contributed by atoms with Gasteiger partial charge in [0.05, 0.1) is 7.11 Å². The Morgan fingerprint density at radius 3 is 2.60 bits per heavy atom. The summed E-state index contributed by atoms with van der Waals surface area (Å²) < 4.78 is 5.48. The molecule has 2 saturated heterocycles. The molecule has 2 fully saturated rings. The van der Waals surface area contributed by atoms with Crippen molar-refractivity contribution in [3.63, 3.8) is 0 Å². The van der Waals surface area contributed by atoms with Crippen molar-refractivity contribution in [2.45, 2.75) is 50.4 Å². The van der Waals surface area contributed by atoms with Crippen LogP contribution in [0.5, 0.6) is 5.75 Å². The van der Waals surface area contributed by atoms with E-state index in [1.807, 2.05) is 18.2 Å². The van der Waals surface area contributed by atoms with Gasteiger partial charge in [0.25, 0.3) is 0 Å².